The van der Waals surface area contributed by atoms with Crippen LogP contribution >= 0.6 is 11.3 Å². The van der Waals surface area contributed by atoms with Crippen LogP contribution in [0.2, 0.25) is 0 Å². The number of rotatable bonds is 5. The molecule has 4 N–H and O–H groups in total. The molecule has 0 amide bonds. The topological polar surface area (TPSA) is 102 Å². The predicted octanol–water partition coefficient (Wildman–Crippen LogP) is 1.89. The van der Waals surface area contributed by atoms with Gasteiger partial charge in [-0.2, -0.15) is 5.10 Å². The first-order valence-electron chi connectivity index (χ1n) is 5.59. The Hall–Kier alpha value is -2.48. The van der Waals surface area contributed by atoms with Gasteiger partial charge in [-0.25, -0.2) is 4.98 Å². The van der Waals surface area contributed by atoms with Gasteiger partial charge in [0.25, 0.3) is 0 Å². The van der Waals surface area contributed by atoms with Crippen LogP contribution < -0.4 is 20.6 Å². The number of hydrazone groups is 1. The van der Waals surface area contributed by atoms with E-state index in [4.69, 9.17) is 15.2 Å². The fourth-order valence-corrected chi connectivity index (χ4v) is 2.02. The normalized spacial score (nSPS) is 10.7. The van der Waals surface area contributed by atoms with E-state index in [0.717, 1.165) is 0 Å². The largest absolute Gasteiger partial charge is 0.504 e. The van der Waals surface area contributed by atoms with E-state index in [1.54, 1.807) is 17.5 Å². The first-order chi connectivity index (χ1) is 9.63. The molecule has 0 aliphatic carbocycles. The molecule has 0 saturated carbocycles. The molecule has 0 aliphatic heterocycles. The second kappa shape index (κ2) is 6.11. The number of aromatic hydroxyl groups is 1. The minimum atomic E-state index is -0.0162. The highest BCUT2D eigenvalue weighted by Gasteiger charge is 2.09. The molecule has 0 fully saturated rings. The zero-order valence-electron chi connectivity index (χ0n) is 11.0. The highest BCUT2D eigenvalue weighted by Crippen LogP contribution is 2.33. The van der Waals surface area contributed by atoms with Crippen LogP contribution in [0.3, 0.4) is 0 Å². The molecule has 7 nitrogen and oxygen atoms in total. The van der Waals surface area contributed by atoms with E-state index < -0.39 is 0 Å². The molecule has 2 rings (SSSR count). The Morgan fingerprint density at radius 1 is 1.40 bits per heavy atom. The van der Waals surface area contributed by atoms with E-state index >= 15 is 0 Å². The van der Waals surface area contributed by atoms with Crippen molar-refractivity contribution < 1.29 is 14.6 Å². The maximum absolute atomic E-state index is 9.98. The van der Waals surface area contributed by atoms with Gasteiger partial charge in [0, 0.05) is 17.0 Å². The van der Waals surface area contributed by atoms with Gasteiger partial charge in [-0.05, 0) is 6.07 Å². The number of aromatic nitrogens is 1. The van der Waals surface area contributed by atoms with Gasteiger partial charge in [-0.3, -0.25) is 5.43 Å². The summed E-state index contributed by atoms with van der Waals surface area (Å²) in [6.45, 7) is 0. The molecular weight excluding hydrogens is 280 g/mol. The molecule has 0 bridgehead atoms. The van der Waals surface area contributed by atoms with E-state index in [0.29, 0.717) is 28.0 Å². The van der Waals surface area contributed by atoms with Gasteiger partial charge in [0.2, 0.25) is 5.13 Å². The molecule has 0 aliphatic rings. The Bertz CT molecular complexity index is 627. The Morgan fingerprint density at radius 3 is 2.80 bits per heavy atom. The van der Waals surface area contributed by atoms with E-state index in [1.807, 2.05) is 0 Å². The fraction of sp³-hybridized carbons (Fsp3) is 0.167. The molecule has 106 valence electrons. The minimum Gasteiger partial charge on any atom is -0.504 e. The zero-order valence-corrected chi connectivity index (χ0v) is 11.8. The third-order valence-electron chi connectivity index (χ3n) is 2.42. The van der Waals surface area contributed by atoms with Crippen LogP contribution in [0, 0.1) is 0 Å². The molecule has 1 aromatic carbocycles. The van der Waals surface area contributed by atoms with Crippen LogP contribution in [-0.4, -0.2) is 30.5 Å². The number of ether oxygens (including phenoxy) is 2. The maximum atomic E-state index is 9.98. The SMILES string of the molecule is COc1cc(C=NNc2nc(N)cs2)c(O)c(OC)c1. The van der Waals surface area contributed by atoms with Crippen molar-refractivity contribution in [2.45, 2.75) is 0 Å². The van der Waals surface area contributed by atoms with Crippen molar-refractivity contribution >= 4 is 28.5 Å². The molecule has 1 aromatic heterocycles. The fourth-order valence-electron chi connectivity index (χ4n) is 1.47. The lowest BCUT2D eigenvalue weighted by atomic mass is 10.2. The third-order valence-corrected chi connectivity index (χ3v) is 3.18. The lowest BCUT2D eigenvalue weighted by Gasteiger charge is -2.08. The van der Waals surface area contributed by atoms with Crippen molar-refractivity contribution in [3.8, 4) is 17.2 Å². The van der Waals surface area contributed by atoms with Gasteiger partial charge < -0.3 is 20.3 Å². The number of hydrogen-bond donors (Lipinski definition) is 3. The van der Waals surface area contributed by atoms with E-state index in [1.165, 1.54) is 31.8 Å². The summed E-state index contributed by atoms with van der Waals surface area (Å²) in [6.07, 6.45) is 1.44. The minimum absolute atomic E-state index is 0.0162. The standard InChI is InChI=1S/C12H14N4O3S/c1-18-8-3-7(11(17)9(4-8)19-2)5-14-16-12-15-10(13)6-20-12/h3-6,17H,13H2,1-2H3,(H,15,16). The third kappa shape index (κ3) is 3.09. The number of nitrogen functional groups attached to an aromatic ring is 1. The van der Waals surface area contributed by atoms with Gasteiger partial charge in [0.05, 0.1) is 20.4 Å². The van der Waals surface area contributed by atoms with Crippen LogP contribution in [0.25, 0.3) is 0 Å². The van der Waals surface area contributed by atoms with Crippen LogP contribution in [0.5, 0.6) is 17.2 Å². The lowest BCUT2D eigenvalue weighted by Crippen LogP contribution is -1.94. The summed E-state index contributed by atoms with van der Waals surface area (Å²) in [7, 11) is 3.00. The second-order valence-corrected chi connectivity index (χ2v) is 4.57. The Balaban J connectivity index is 2.19. The summed E-state index contributed by atoms with van der Waals surface area (Å²) < 4.78 is 10.2. The molecule has 20 heavy (non-hydrogen) atoms. The Kier molecular flexibility index (Phi) is 4.26. The van der Waals surface area contributed by atoms with Crippen molar-refractivity contribution in [3.05, 3.63) is 23.1 Å². The van der Waals surface area contributed by atoms with Gasteiger partial charge in [0.1, 0.15) is 11.6 Å². The number of methoxy groups -OCH3 is 2. The van der Waals surface area contributed by atoms with Crippen molar-refractivity contribution in [1.82, 2.24) is 4.98 Å². The highest BCUT2D eigenvalue weighted by atomic mass is 32.1. The van der Waals surface area contributed by atoms with Gasteiger partial charge in [-0.1, -0.05) is 0 Å². The number of thiazole rings is 1. The number of nitrogens with one attached hydrogen (secondary N) is 1. The Labute approximate surface area is 119 Å². The lowest BCUT2D eigenvalue weighted by molar-refractivity contribution is 0.364. The molecule has 8 heteroatoms. The number of benzene rings is 1. The molecule has 0 spiro atoms. The van der Waals surface area contributed by atoms with Crippen molar-refractivity contribution in [2.24, 2.45) is 5.10 Å². The van der Waals surface area contributed by atoms with E-state index in [2.05, 4.69) is 15.5 Å². The molecule has 0 radical (unpaired) electrons. The van der Waals surface area contributed by atoms with Crippen LogP contribution in [-0.2, 0) is 0 Å². The van der Waals surface area contributed by atoms with Crippen LogP contribution in [0.15, 0.2) is 22.6 Å². The maximum Gasteiger partial charge on any atom is 0.205 e. The average Bonchev–Trinajstić information content (AvgIpc) is 2.86. The molecule has 0 unspecified atom stereocenters. The molecule has 0 saturated heterocycles. The molecular formula is C12H14N4O3S. The van der Waals surface area contributed by atoms with Crippen LogP contribution in [0.1, 0.15) is 5.56 Å². The predicted molar refractivity (Wildman–Crippen MR) is 79.0 cm³/mol. The van der Waals surface area contributed by atoms with Gasteiger partial charge in [0.15, 0.2) is 11.5 Å². The average molecular weight is 294 g/mol. The highest BCUT2D eigenvalue weighted by molar-refractivity contribution is 7.14. The van der Waals surface area contributed by atoms with Crippen molar-refractivity contribution in [2.75, 3.05) is 25.4 Å². The number of nitrogens with two attached hydrogens (primary N) is 1. The molecule has 2 aromatic rings. The monoisotopic (exact) mass is 294 g/mol. The zero-order chi connectivity index (χ0) is 14.5. The number of phenolic OH excluding ortho intramolecular Hbond substituents is 1. The number of nitrogens with zero attached hydrogens (tertiary/aromatic N) is 2. The van der Waals surface area contributed by atoms with E-state index in [-0.39, 0.29) is 5.75 Å². The Morgan fingerprint density at radius 2 is 2.20 bits per heavy atom. The second-order valence-electron chi connectivity index (χ2n) is 3.72. The number of phenols is 1. The van der Waals surface area contributed by atoms with E-state index in [9.17, 15) is 5.11 Å². The van der Waals surface area contributed by atoms with Crippen molar-refractivity contribution in [3.63, 3.8) is 0 Å². The molecule has 0 atom stereocenters. The summed E-state index contributed by atoms with van der Waals surface area (Å²) in [5.74, 6) is 1.28. The first kappa shape index (κ1) is 13.9. The van der Waals surface area contributed by atoms with Gasteiger partial charge in [-0.15, -0.1) is 11.3 Å². The summed E-state index contributed by atoms with van der Waals surface area (Å²) in [6, 6.07) is 3.22. The smallest absolute Gasteiger partial charge is 0.205 e. The summed E-state index contributed by atoms with van der Waals surface area (Å²) >= 11 is 1.33. The van der Waals surface area contributed by atoms with Gasteiger partial charge >= 0.3 is 0 Å². The first-order valence-corrected chi connectivity index (χ1v) is 6.47. The summed E-state index contributed by atoms with van der Waals surface area (Å²) in [4.78, 5) is 3.99. The number of anilines is 2. The van der Waals surface area contributed by atoms with Crippen molar-refractivity contribution in [1.29, 1.82) is 0 Å². The number of hydrogen-bond acceptors (Lipinski definition) is 8. The molecule has 1 heterocycles. The summed E-state index contributed by atoms with van der Waals surface area (Å²) in [5, 5.41) is 16.2. The quantitative estimate of drug-likeness (QED) is 0.575. The summed E-state index contributed by atoms with van der Waals surface area (Å²) in [5.41, 5.74) is 8.67. The van der Waals surface area contributed by atoms with Crippen LogP contribution in [0.4, 0.5) is 10.9 Å².